The number of likely N-dealkylation sites (N-methyl/N-ethyl adjacent to an activating group) is 1. The first-order valence-electron chi connectivity index (χ1n) is 5.88. The molecule has 1 aliphatic rings. The lowest BCUT2D eigenvalue weighted by Crippen LogP contribution is -2.21. The van der Waals surface area contributed by atoms with Crippen LogP contribution < -0.4 is 0 Å². The van der Waals surface area contributed by atoms with Crippen molar-refractivity contribution in [1.29, 1.82) is 0 Å². The Bertz CT molecular complexity index is 527. The van der Waals surface area contributed by atoms with Gasteiger partial charge in [-0.1, -0.05) is 6.07 Å². The van der Waals surface area contributed by atoms with Crippen molar-refractivity contribution in [3.63, 3.8) is 0 Å². The zero-order valence-electron chi connectivity index (χ0n) is 9.90. The van der Waals surface area contributed by atoms with Gasteiger partial charge in [0.25, 0.3) is 0 Å². The van der Waals surface area contributed by atoms with Crippen molar-refractivity contribution >= 4 is 11.0 Å². The van der Waals surface area contributed by atoms with Gasteiger partial charge in [0.1, 0.15) is 5.82 Å². The Balaban J connectivity index is 2.15. The molecule has 0 N–H and O–H groups in total. The van der Waals surface area contributed by atoms with Crippen LogP contribution in [-0.2, 0) is 13.0 Å². The lowest BCUT2D eigenvalue weighted by atomic mass is 10.2. The summed E-state index contributed by atoms with van der Waals surface area (Å²) in [7, 11) is 2.18. The van der Waals surface area contributed by atoms with E-state index >= 15 is 0 Å². The summed E-state index contributed by atoms with van der Waals surface area (Å²) in [5, 5.41) is 0. The molecule has 3 heteroatoms. The summed E-state index contributed by atoms with van der Waals surface area (Å²) in [6, 6.07) is 6.55. The molecule has 16 heavy (non-hydrogen) atoms. The molecule has 2 aromatic rings. The van der Waals surface area contributed by atoms with Crippen molar-refractivity contribution < 1.29 is 0 Å². The fourth-order valence-corrected chi connectivity index (χ4v) is 2.40. The Morgan fingerprint density at radius 3 is 2.94 bits per heavy atom. The van der Waals surface area contributed by atoms with Gasteiger partial charge in [-0.3, -0.25) is 0 Å². The molecule has 3 rings (SSSR count). The molecule has 0 bridgehead atoms. The Kier molecular flexibility index (Phi) is 2.21. The van der Waals surface area contributed by atoms with Gasteiger partial charge in [-0.25, -0.2) is 4.98 Å². The van der Waals surface area contributed by atoms with E-state index in [1.165, 1.54) is 16.9 Å². The highest BCUT2D eigenvalue weighted by atomic mass is 15.2. The molecule has 0 spiro atoms. The second kappa shape index (κ2) is 3.59. The number of hydrogen-bond donors (Lipinski definition) is 0. The molecule has 3 nitrogen and oxygen atoms in total. The van der Waals surface area contributed by atoms with Crippen LogP contribution in [0.4, 0.5) is 0 Å². The third-order valence-corrected chi connectivity index (χ3v) is 3.41. The van der Waals surface area contributed by atoms with Gasteiger partial charge in [0.05, 0.1) is 11.0 Å². The average Bonchev–Trinajstić information content (AvgIpc) is 2.50. The van der Waals surface area contributed by atoms with Crippen molar-refractivity contribution in [3.05, 3.63) is 29.6 Å². The van der Waals surface area contributed by atoms with Crippen LogP contribution in [0.25, 0.3) is 11.0 Å². The maximum absolute atomic E-state index is 4.74. The maximum Gasteiger partial charge on any atom is 0.111 e. The molecule has 0 unspecified atom stereocenters. The number of imidazole rings is 1. The van der Waals surface area contributed by atoms with E-state index in [-0.39, 0.29) is 0 Å². The van der Waals surface area contributed by atoms with Crippen LogP contribution in [0.3, 0.4) is 0 Å². The van der Waals surface area contributed by atoms with Gasteiger partial charge >= 0.3 is 0 Å². The first kappa shape index (κ1) is 9.85. The number of fused-ring (bicyclic) bond motifs is 3. The molecule has 0 saturated heterocycles. The van der Waals surface area contributed by atoms with E-state index in [2.05, 4.69) is 41.6 Å². The highest BCUT2D eigenvalue weighted by Crippen LogP contribution is 2.19. The molecule has 84 valence electrons. The van der Waals surface area contributed by atoms with Crippen LogP contribution in [0.2, 0.25) is 0 Å². The number of nitrogens with zero attached hydrogens (tertiary/aromatic N) is 3. The van der Waals surface area contributed by atoms with E-state index in [0.717, 1.165) is 31.6 Å². The molecule has 0 aliphatic carbocycles. The van der Waals surface area contributed by atoms with Crippen molar-refractivity contribution in [2.45, 2.75) is 19.9 Å². The number of rotatable bonds is 0. The highest BCUT2D eigenvalue weighted by molar-refractivity contribution is 5.76. The molecule has 0 radical (unpaired) electrons. The van der Waals surface area contributed by atoms with Gasteiger partial charge < -0.3 is 9.47 Å². The normalized spacial score (nSPS) is 17.4. The Morgan fingerprint density at radius 2 is 2.06 bits per heavy atom. The quantitative estimate of drug-likeness (QED) is 0.668. The molecule has 1 aliphatic heterocycles. The fraction of sp³-hybridized carbons (Fsp3) is 0.462. The summed E-state index contributed by atoms with van der Waals surface area (Å²) >= 11 is 0. The second-order valence-corrected chi connectivity index (χ2v) is 4.73. The van der Waals surface area contributed by atoms with E-state index in [4.69, 9.17) is 4.98 Å². The first-order chi connectivity index (χ1) is 7.74. The summed E-state index contributed by atoms with van der Waals surface area (Å²) in [5.74, 6) is 1.24. The zero-order chi connectivity index (χ0) is 11.1. The van der Waals surface area contributed by atoms with Gasteiger partial charge in [-0.2, -0.15) is 0 Å². The standard InChI is InChI=1S/C13H17N3/c1-10-3-4-12-11(9-10)14-13-5-6-15(2)7-8-16(12)13/h3-4,9H,5-8H2,1-2H3. The zero-order valence-corrected chi connectivity index (χ0v) is 9.90. The van der Waals surface area contributed by atoms with Crippen LogP contribution in [-0.4, -0.2) is 34.6 Å². The van der Waals surface area contributed by atoms with Gasteiger partial charge in [0.2, 0.25) is 0 Å². The van der Waals surface area contributed by atoms with E-state index in [0.29, 0.717) is 0 Å². The molecule has 0 saturated carbocycles. The minimum absolute atomic E-state index is 1.06. The van der Waals surface area contributed by atoms with Crippen molar-refractivity contribution in [2.75, 3.05) is 20.1 Å². The number of aryl methyl sites for hydroxylation is 1. The Hall–Kier alpha value is -1.35. The van der Waals surface area contributed by atoms with E-state index in [1.54, 1.807) is 0 Å². The molecule has 0 fully saturated rings. The lowest BCUT2D eigenvalue weighted by molar-refractivity contribution is 0.342. The largest absolute Gasteiger partial charge is 0.327 e. The smallest absolute Gasteiger partial charge is 0.111 e. The Morgan fingerprint density at radius 1 is 1.19 bits per heavy atom. The van der Waals surface area contributed by atoms with E-state index in [1.807, 2.05) is 0 Å². The molecule has 0 amide bonds. The number of benzene rings is 1. The predicted octanol–water partition coefficient (Wildman–Crippen LogP) is 1.83. The van der Waals surface area contributed by atoms with Crippen LogP contribution in [0.5, 0.6) is 0 Å². The topological polar surface area (TPSA) is 21.1 Å². The lowest BCUT2D eigenvalue weighted by Gasteiger charge is -2.11. The molecule has 0 atom stereocenters. The molecular weight excluding hydrogens is 198 g/mol. The first-order valence-corrected chi connectivity index (χ1v) is 5.88. The molecule has 1 aromatic heterocycles. The third-order valence-electron chi connectivity index (χ3n) is 3.41. The van der Waals surface area contributed by atoms with Crippen LogP contribution >= 0.6 is 0 Å². The minimum atomic E-state index is 1.06. The van der Waals surface area contributed by atoms with Crippen LogP contribution in [0, 0.1) is 6.92 Å². The monoisotopic (exact) mass is 215 g/mol. The van der Waals surface area contributed by atoms with Crippen molar-refractivity contribution in [3.8, 4) is 0 Å². The Labute approximate surface area is 95.7 Å². The highest BCUT2D eigenvalue weighted by Gasteiger charge is 2.15. The minimum Gasteiger partial charge on any atom is -0.327 e. The molecule has 1 aromatic carbocycles. The summed E-state index contributed by atoms with van der Waals surface area (Å²) in [6.07, 6.45) is 1.06. The average molecular weight is 215 g/mol. The SMILES string of the molecule is Cc1ccc2c(c1)nc1n2CCN(C)CC1. The second-order valence-electron chi connectivity index (χ2n) is 4.73. The van der Waals surface area contributed by atoms with Crippen LogP contribution in [0.15, 0.2) is 18.2 Å². The van der Waals surface area contributed by atoms with Gasteiger partial charge in [-0.15, -0.1) is 0 Å². The van der Waals surface area contributed by atoms with Gasteiger partial charge in [0.15, 0.2) is 0 Å². The van der Waals surface area contributed by atoms with Crippen molar-refractivity contribution in [2.24, 2.45) is 0 Å². The van der Waals surface area contributed by atoms with Gasteiger partial charge in [-0.05, 0) is 31.7 Å². The number of hydrogen-bond acceptors (Lipinski definition) is 2. The van der Waals surface area contributed by atoms with E-state index < -0.39 is 0 Å². The van der Waals surface area contributed by atoms with Gasteiger partial charge in [0, 0.05) is 26.1 Å². The summed E-state index contributed by atoms with van der Waals surface area (Å²) in [4.78, 5) is 7.11. The summed E-state index contributed by atoms with van der Waals surface area (Å²) < 4.78 is 2.37. The van der Waals surface area contributed by atoms with Crippen molar-refractivity contribution in [1.82, 2.24) is 14.5 Å². The fourth-order valence-electron chi connectivity index (χ4n) is 2.40. The maximum atomic E-state index is 4.74. The van der Waals surface area contributed by atoms with E-state index in [9.17, 15) is 0 Å². The summed E-state index contributed by atoms with van der Waals surface area (Å²) in [5.41, 5.74) is 3.73. The third kappa shape index (κ3) is 1.52. The molecular formula is C13H17N3. The number of aromatic nitrogens is 2. The predicted molar refractivity (Wildman–Crippen MR) is 65.7 cm³/mol. The van der Waals surface area contributed by atoms with Crippen LogP contribution in [0.1, 0.15) is 11.4 Å². The molecule has 2 heterocycles. The summed E-state index contributed by atoms with van der Waals surface area (Å²) in [6.45, 7) is 5.41.